The lowest BCUT2D eigenvalue weighted by atomic mass is 10.1. The molecule has 29 heavy (non-hydrogen) atoms. The van der Waals surface area contributed by atoms with E-state index in [4.69, 9.17) is 0 Å². The average molecular weight is 427 g/mol. The van der Waals surface area contributed by atoms with E-state index in [0.29, 0.717) is 28.8 Å². The van der Waals surface area contributed by atoms with Crippen LogP contribution in [0.5, 0.6) is 0 Å². The second-order valence-corrected chi connectivity index (χ2v) is 8.42. The van der Waals surface area contributed by atoms with Crippen LogP contribution in [-0.2, 0) is 16.4 Å². The second kappa shape index (κ2) is 7.45. The number of pyridine rings is 1. The van der Waals surface area contributed by atoms with Crippen LogP contribution >= 0.6 is 0 Å². The highest BCUT2D eigenvalue weighted by Crippen LogP contribution is 2.28. The number of fused-ring (bicyclic) bond motifs is 1. The van der Waals surface area contributed by atoms with Gasteiger partial charge in [-0.1, -0.05) is 6.92 Å². The van der Waals surface area contributed by atoms with Crippen LogP contribution < -0.4 is 4.72 Å². The van der Waals surface area contributed by atoms with Gasteiger partial charge >= 0.3 is 6.18 Å². The first-order valence-corrected chi connectivity index (χ1v) is 10.3. The minimum Gasteiger partial charge on any atom is -0.392 e. The summed E-state index contributed by atoms with van der Waals surface area (Å²) in [5.74, 6) is -0.309. The summed E-state index contributed by atoms with van der Waals surface area (Å²) >= 11 is 0. The summed E-state index contributed by atoms with van der Waals surface area (Å²) in [6.45, 7) is 2.57. The molecule has 3 aromatic rings. The van der Waals surface area contributed by atoms with Crippen LogP contribution in [0, 0.1) is 5.82 Å². The SMILES string of the molecule is Bn1c(-c2ccc(S(=O)(=O)N[C@@H](C)C(F)(F)F)cn2)cc2cc(F)c(CC)cc21. The lowest BCUT2D eigenvalue weighted by Gasteiger charge is -2.17. The number of rotatable bonds is 5. The molecule has 3 rings (SSSR count). The molecule has 0 saturated carbocycles. The van der Waals surface area contributed by atoms with Crippen molar-refractivity contribution < 1.29 is 26.0 Å². The van der Waals surface area contributed by atoms with Crippen LogP contribution in [0.4, 0.5) is 17.6 Å². The highest BCUT2D eigenvalue weighted by molar-refractivity contribution is 7.89. The molecule has 0 bridgehead atoms. The fourth-order valence-corrected chi connectivity index (χ4v) is 4.15. The zero-order valence-electron chi connectivity index (χ0n) is 15.9. The van der Waals surface area contributed by atoms with E-state index in [1.54, 1.807) is 29.3 Å². The Bertz CT molecular complexity index is 1160. The highest BCUT2D eigenvalue weighted by Gasteiger charge is 2.38. The van der Waals surface area contributed by atoms with Crippen LogP contribution in [0.1, 0.15) is 19.4 Å². The number of nitrogens with zero attached hydrogens (tertiary/aromatic N) is 2. The Morgan fingerprint density at radius 1 is 1.24 bits per heavy atom. The molecule has 0 spiro atoms. The van der Waals surface area contributed by atoms with E-state index in [2.05, 4.69) is 4.98 Å². The summed E-state index contributed by atoms with van der Waals surface area (Å²) < 4.78 is 79.7. The van der Waals surface area contributed by atoms with Gasteiger partial charge in [0, 0.05) is 17.1 Å². The molecule has 0 unspecified atom stereocenters. The van der Waals surface area contributed by atoms with Gasteiger partial charge in [0.05, 0.1) is 11.4 Å². The highest BCUT2D eigenvalue weighted by atomic mass is 32.2. The number of hydrogen-bond donors (Lipinski definition) is 1. The third-order valence-corrected chi connectivity index (χ3v) is 6.25. The van der Waals surface area contributed by atoms with Crippen molar-refractivity contribution >= 4 is 28.9 Å². The molecule has 0 aliphatic carbocycles. The lowest BCUT2D eigenvalue weighted by Crippen LogP contribution is -2.42. The number of benzene rings is 1. The van der Waals surface area contributed by atoms with Gasteiger partial charge in [0.1, 0.15) is 16.8 Å². The van der Waals surface area contributed by atoms with Gasteiger partial charge in [0.15, 0.2) is 0 Å². The molecule has 0 saturated heterocycles. The summed E-state index contributed by atoms with van der Waals surface area (Å²) in [5.41, 5.74) is 2.39. The van der Waals surface area contributed by atoms with E-state index in [-0.39, 0.29) is 10.7 Å². The maximum Gasteiger partial charge on any atom is 0.404 e. The Balaban J connectivity index is 1.95. The molecule has 2 heterocycles. The van der Waals surface area contributed by atoms with Gasteiger partial charge < -0.3 is 4.48 Å². The zero-order chi connectivity index (χ0) is 21.6. The molecule has 5 nitrogen and oxygen atoms in total. The van der Waals surface area contributed by atoms with Gasteiger partial charge in [-0.05, 0) is 49.2 Å². The fourth-order valence-electron chi connectivity index (χ4n) is 2.98. The molecule has 0 radical (unpaired) electrons. The van der Waals surface area contributed by atoms with Crippen molar-refractivity contribution in [1.29, 1.82) is 0 Å². The molecule has 2 aromatic heterocycles. The Morgan fingerprint density at radius 3 is 2.48 bits per heavy atom. The topological polar surface area (TPSA) is 64.0 Å². The molecule has 0 aliphatic heterocycles. The van der Waals surface area contributed by atoms with Crippen molar-refractivity contribution in [1.82, 2.24) is 14.2 Å². The minimum absolute atomic E-state index is 0.309. The largest absolute Gasteiger partial charge is 0.404 e. The number of aryl methyl sites for hydroxylation is 1. The number of aromatic nitrogens is 2. The predicted octanol–water partition coefficient (Wildman–Crippen LogP) is 3.03. The third-order valence-electron chi connectivity index (χ3n) is 4.72. The normalized spacial score (nSPS) is 13.7. The minimum atomic E-state index is -4.70. The van der Waals surface area contributed by atoms with Gasteiger partial charge in [-0.25, -0.2) is 12.8 Å². The number of alkyl halides is 3. The van der Waals surface area contributed by atoms with Crippen molar-refractivity contribution in [2.75, 3.05) is 0 Å². The first kappa shape index (κ1) is 21.3. The average Bonchev–Trinajstić information content (AvgIpc) is 2.95. The van der Waals surface area contributed by atoms with E-state index >= 15 is 0 Å². The van der Waals surface area contributed by atoms with E-state index in [1.807, 2.05) is 6.92 Å². The predicted molar refractivity (Wildman–Crippen MR) is 104 cm³/mol. The number of halogens is 4. The van der Waals surface area contributed by atoms with E-state index < -0.39 is 22.2 Å². The smallest absolute Gasteiger partial charge is 0.392 e. The first-order valence-electron chi connectivity index (χ1n) is 8.77. The van der Waals surface area contributed by atoms with Crippen molar-refractivity contribution in [3.63, 3.8) is 0 Å². The third kappa shape index (κ3) is 4.15. The van der Waals surface area contributed by atoms with Crippen molar-refractivity contribution in [3.8, 4) is 11.4 Å². The number of sulfonamides is 1. The Hall–Kier alpha value is -2.40. The van der Waals surface area contributed by atoms with Crippen LogP contribution in [0.15, 0.2) is 41.4 Å². The summed E-state index contributed by atoms with van der Waals surface area (Å²) in [6.07, 6.45) is -3.16. The van der Waals surface area contributed by atoms with E-state index in [0.717, 1.165) is 18.6 Å². The molecule has 0 amide bonds. The standard InChI is InChI=1S/C18H18BF4N3O2S/c1-3-11-7-16-12(6-14(11)20)8-17(26(16)19)15-5-4-13(9-24-15)29(27,28)25-10(2)18(21,22)23/h4-10,25H,3,19H2,1-2H3/t10-/m0/s1. The number of nitrogens with one attached hydrogen (secondary N) is 1. The van der Waals surface area contributed by atoms with Crippen molar-refractivity contribution in [2.24, 2.45) is 0 Å². The van der Waals surface area contributed by atoms with Gasteiger partial charge in [-0.3, -0.25) is 4.98 Å². The molecule has 11 heteroatoms. The van der Waals surface area contributed by atoms with Crippen molar-refractivity contribution in [2.45, 2.75) is 37.4 Å². The Labute approximate surface area is 166 Å². The molecule has 0 fully saturated rings. The number of hydrogen-bond acceptors (Lipinski definition) is 3. The van der Waals surface area contributed by atoms with Gasteiger partial charge in [-0.2, -0.15) is 17.9 Å². The van der Waals surface area contributed by atoms with Gasteiger partial charge in [-0.15, -0.1) is 0 Å². The molecule has 1 N–H and O–H groups in total. The quantitative estimate of drug-likeness (QED) is 0.503. The fraction of sp³-hybridized carbons (Fsp3) is 0.278. The molecular weight excluding hydrogens is 409 g/mol. The monoisotopic (exact) mass is 427 g/mol. The van der Waals surface area contributed by atoms with Crippen LogP contribution in [0.3, 0.4) is 0 Å². The van der Waals surface area contributed by atoms with Gasteiger partial charge in [0.25, 0.3) is 0 Å². The van der Waals surface area contributed by atoms with Crippen LogP contribution in [0.2, 0.25) is 0 Å². The summed E-state index contributed by atoms with van der Waals surface area (Å²) in [5, 5.41) is 0.663. The maximum atomic E-state index is 14.1. The van der Waals surface area contributed by atoms with Gasteiger partial charge in [0.2, 0.25) is 18.0 Å². The lowest BCUT2D eigenvalue weighted by molar-refractivity contribution is -0.147. The van der Waals surface area contributed by atoms with Crippen molar-refractivity contribution in [3.05, 3.63) is 47.9 Å². The zero-order valence-corrected chi connectivity index (χ0v) is 16.7. The molecule has 1 atom stereocenters. The summed E-state index contributed by atoms with van der Waals surface area (Å²) in [7, 11) is -2.61. The molecule has 0 aliphatic rings. The molecular formula is C18H18BF4N3O2S. The van der Waals surface area contributed by atoms with Crippen LogP contribution in [0.25, 0.3) is 22.3 Å². The Morgan fingerprint density at radius 2 is 1.93 bits per heavy atom. The second-order valence-electron chi connectivity index (χ2n) is 6.71. The summed E-state index contributed by atoms with van der Waals surface area (Å²) in [4.78, 5) is 3.71. The van der Waals surface area contributed by atoms with Crippen LogP contribution in [-0.4, -0.2) is 38.1 Å². The molecule has 154 valence electrons. The first-order chi connectivity index (χ1) is 13.4. The van der Waals surface area contributed by atoms with E-state index in [9.17, 15) is 26.0 Å². The summed E-state index contributed by atoms with van der Waals surface area (Å²) in [6, 6.07) is 5.25. The van der Waals surface area contributed by atoms with E-state index in [1.165, 1.54) is 18.2 Å². The molecule has 1 aromatic carbocycles. The maximum absolute atomic E-state index is 14.1. The Kier molecular flexibility index (Phi) is 5.48.